The van der Waals surface area contributed by atoms with Crippen LogP contribution in [0.4, 0.5) is 18.9 Å². The molecule has 0 spiro atoms. The number of hydrogen-bond donors (Lipinski definition) is 1. The van der Waals surface area contributed by atoms with E-state index in [1.54, 1.807) is 6.92 Å². The van der Waals surface area contributed by atoms with Crippen molar-refractivity contribution in [3.63, 3.8) is 0 Å². The second kappa shape index (κ2) is 6.07. The van der Waals surface area contributed by atoms with E-state index in [0.29, 0.717) is 12.1 Å². The van der Waals surface area contributed by atoms with E-state index in [-0.39, 0.29) is 34.5 Å². The van der Waals surface area contributed by atoms with E-state index < -0.39 is 33.9 Å². The number of esters is 1. The van der Waals surface area contributed by atoms with Crippen molar-refractivity contribution in [3.05, 3.63) is 49.6 Å². The third kappa shape index (κ3) is 2.78. The molecule has 3 aromatic rings. The molecule has 0 aliphatic heterocycles. The third-order valence-corrected chi connectivity index (χ3v) is 3.99. The van der Waals surface area contributed by atoms with Crippen molar-refractivity contribution in [1.82, 2.24) is 14.4 Å². The van der Waals surface area contributed by atoms with E-state index in [4.69, 9.17) is 0 Å². The summed E-state index contributed by atoms with van der Waals surface area (Å²) in [4.78, 5) is 40.3. The molecule has 12 heteroatoms. The number of aromatic nitrogens is 3. The van der Waals surface area contributed by atoms with Gasteiger partial charge in [-0.05, 0) is 12.5 Å². The standard InChI is InChI=1S/C15H11F3N4O5/c1-3-8-11(14(24)27-2)20-12-13(23)19-7-4-6(15(16,17)18)9(22(25)26)5-10(7)21(8)12/h4-5H,3H2,1-2H3,(H,19,23). The van der Waals surface area contributed by atoms with Gasteiger partial charge in [0.2, 0.25) is 5.65 Å². The van der Waals surface area contributed by atoms with Gasteiger partial charge < -0.3 is 9.72 Å². The number of nitro groups is 1. The quantitative estimate of drug-likeness (QED) is 0.421. The Morgan fingerprint density at radius 3 is 2.59 bits per heavy atom. The van der Waals surface area contributed by atoms with Gasteiger partial charge in [0, 0.05) is 6.07 Å². The molecular formula is C15H11F3N4O5. The number of ether oxygens (including phenoxy) is 1. The highest BCUT2D eigenvalue weighted by Gasteiger charge is 2.39. The highest BCUT2D eigenvalue weighted by atomic mass is 19.4. The largest absolute Gasteiger partial charge is 0.464 e. The number of rotatable bonds is 3. The number of nitrogens with one attached hydrogen (secondary N) is 1. The fraction of sp³-hybridized carbons (Fsp3) is 0.267. The second-order valence-electron chi connectivity index (χ2n) is 5.51. The summed E-state index contributed by atoms with van der Waals surface area (Å²) in [7, 11) is 1.11. The summed E-state index contributed by atoms with van der Waals surface area (Å²) in [6, 6.07) is 1.19. The van der Waals surface area contributed by atoms with Crippen LogP contribution in [0.15, 0.2) is 16.9 Å². The van der Waals surface area contributed by atoms with Crippen LogP contribution in [0.1, 0.15) is 28.7 Å². The van der Waals surface area contributed by atoms with Crippen molar-refractivity contribution in [2.45, 2.75) is 19.5 Å². The molecule has 1 N–H and O–H groups in total. The van der Waals surface area contributed by atoms with Gasteiger partial charge in [0.1, 0.15) is 5.56 Å². The van der Waals surface area contributed by atoms with Gasteiger partial charge in [-0.1, -0.05) is 6.92 Å². The first kappa shape index (κ1) is 18.4. The van der Waals surface area contributed by atoms with Crippen LogP contribution in [-0.2, 0) is 17.3 Å². The zero-order chi connectivity index (χ0) is 20.1. The van der Waals surface area contributed by atoms with Gasteiger partial charge >= 0.3 is 12.1 Å². The summed E-state index contributed by atoms with van der Waals surface area (Å²) in [5.74, 6) is -0.843. The maximum atomic E-state index is 13.2. The summed E-state index contributed by atoms with van der Waals surface area (Å²) < 4.78 is 45.3. The lowest BCUT2D eigenvalue weighted by Crippen LogP contribution is -2.14. The van der Waals surface area contributed by atoms with Gasteiger partial charge in [0.25, 0.3) is 11.2 Å². The number of fused-ring (bicyclic) bond motifs is 3. The van der Waals surface area contributed by atoms with E-state index in [0.717, 1.165) is 11.5 Å². The Kier molecular flexibility index (Phi) is 4.13. The highest BCUT2D eigenvalue weighted by Crippen LogP contribution is 2.38. The molecule has 0 saturated heterocycles. The first-order valence-electron chi connectivity index (χ1n) is 7.51. The van der Waals surface area contributed by atoms with Gasteiger partial charge in [-0.3, -0.25) is 19.3 Å². The van der Waals surface area contributed by atoms with Gasteiger partial charge in [-0.15, -0.1) is 0 Å². The number of benzene rings is 1. The molecule has 0 amide bonds. The predicted molar refractivity (Wildman–Crippen MR) is 85.7 cm³/mol. The summed E-state index contributed by atoms with van der Waals surface area (Å²) in [6.07, 6.45) is -4.83. The zero-order valence-corrected chi connectivity index (χ0v) is 13.9. The van der Waals surface area contributed by atoms with Gasteiger partial charge in [-0.25, -0.2) is 9.78 Å². The Bertz CT molecular complexity index is 1160. The minimum Gasteiger partial charge on any atom is -0.464 e. The van der Waals surface area contributed by atoms with Crippen LogP contribution in [0.3, 0.4) is 0 Å². The van der Waals surface area contributed by atoms with Crippen molar-refractivity contribution in [3.8, 4) is 0 Å². The van der Waals surface area contributed by atoms with Crippen LogP contribution >= 0.6 is 0 Å². The molecular weight excluding hydrogens is 373 g/mol. The minimum atomic E-state index is -5.00. The SMILES string of the molecule is CCc1c(C(=O)OC)nc2c(=O)[nH]c3cc(C(F)(F)F)c([N+](=O)[O-])cc3n12. The number of aromatic amines is 1. The van der Waals surface area contributed by atoms with Crippen molar-refractivity contribution in [2.75, 3.05) is 7.11 Å². The first-order chi connectivity index (χ1) is 12.6. The fourth-order valence-corrected chi connectivity index (χ4v) is 2.87. The number of nitro benzene ring substituents is 1. The maximum absolute atomic E-state index is 13.2. The molecule has 0 saturated carbocycles. The van der Waals surface area contributed by atoms with Gasteiger partial charge in [-0.2, -0.15) is 13.2 Å². The van der Waals surface area contributed by atoms with E-state index in [1.165, 1.54) is 0 Å². The molecule has 0 aliphatic rings. The molecule has 2 heterocycles. The Morgan fingerprint density at radius 1 is 1.41 bits per heavy atom. The Balaban J connectivity index is 2.55. The lowest BCUT2D eigenvalue weighted by molar-refractivity contribution is -0.387. The molecule has 0 atom stereocenters. The monoisotopic (exact) mass is 384 g/mol. The highest BCUT2D eigenvalue weighted by molar-refractivity contribution is 5.91. The molecule has 9 nitrogen and oxygen atoms in total. The first-order valence-corrected chi connectivity index (χ1v) is 7.51. The fourth-order valence-electron chi connectivity index (χ4n) is 2.87. The topological polar surface area (TPSA) is 120 Å². The lowest BCUT2D eigenvalue weighted by Gasteiger charge is -2.11. The van der Waals surface area contributed by atoms with Crippen LogP contribution < -0.4 is 5.56 Å². The number of hydrogen-bond acceptors (Lipinski definition) is 6. The van der Waals surface area contributed by atoms with Crippen molar-refractivity contribution < 1.29 is 27.6 Å². The van der Waals surface area contributed by atoms with Crippen molar-refractivity contribution in [1.29, 1.82) is 0 Å². The number of H-pyrrole nitrogens is 1. The average molecular weight is 384 g/mol. The summed E-state index contributed by atoms with van der Waals surface area (Å²) >= 11 is 0. The average Bonchev–Trinajstić information content (AvgIpc) is 2.99. The molecule has 27 heavy (non-hydrogen) atoms. The number of alkyl halides is 3. The van der Waals surface area contributed by atoms with E-state index in [9.17, 15) is 32.9 Å². The summed E-state index contributed by atoms with van der Waals surface area (Å²) in [6.45, 7) is 1.63. The Morgan fingerprint density at radius 2 is 2.07 bits per heavy atom. The molecule has 3 rings (SSSR count). The van der Waals surface area contributed by atoms with Crippen molar-refractivity contribution >= 4 is 28.3 Å². The Labute approximate surface area is 147 Å². The van der Waals surface area contributed by atoms with E-state index in [1.807, 2.05) is 0 Å². The van der Waals surface area contributed by atoms with Crippen LogP contribution in [0.25, 0.3) is 16.7 Å². The lowest BCUT2D eigenvalue weighted by atomic mass is 10.1. The molecule has 0 bridgehead atoms. The van der Waals surface area contributed by atoms with E-state index in [2.05, 4.69) is 14.7 Å². The number of carbonyl (C=O) groups is 1. The van der Waals surface area contributed by atoms with Crippen LogP contribution in [0.5, 0.6) is 0 Å². The normalized spacial score (nSPS) is 11.9. The zero-order valence-electron chi connectivity index (χ0n) is 13.9. The predicted octanol–water partition coefficient (Wildman–Crippen LogP) is 2.45. The molecule has 0 fully saturated rings. The van der Waals surface area contributed by atoms with E-state index >= 15 is 0 Å². The number of halogens is 3. The molecule has 2 aromatic heterocycles. The van der Waals surface area contributed by atoms with Gasteiger partial charge in [0.05, 0.1) is 28.8 Å². The van der Waals surface area contributed by atoms with Crippen molar-refractivity contribution in [2.24, 2.45) is 0 Å². The number of nitrogens with zero attached hydrogens (tertiary/aromatic N) is 3. The summed E-state index contributed by atoms with van der Waals surface area (Å²) in [5.41, 5.74) is -4.21. The number of imidazole rings is 1. The molecule has 1 aromatic carbocycles. The second-order valence-corrected chi connectivity index (χ2v) is 5.51. The maximum Gasteiger partial charge on any atom is 0.423 e. The van der Waals surface area contributed by atoms with Crippen LogP contribution in [0, 0.1) is 10.1 Å². The summed E-state index contributed by atoms with van der Waals surface area (Å²) in [5, 5.41) is 11.2. The smallest absolute Gasteiger partial charge is 0.423 e. The molecule has 0 unspecified atom stereocenters. The number of carbonyl (C=O) groups excluding carboxylic acids is 1. The molecule has 0 aliphatic carbocycles. The van der Waals surface area contributed by atoms with Crippen LogP contribution in [-0.4, -0.2) is 32.4 Å². The number of methoxy groups -OCH3 is 1. The molecule has 0 radical (unpaired) electrons. The Hall–Kier alpha value is -3.44. The number of aryl methyl sites for hydroxylation is 1. The third-order valence-electron chi connectivity index (χ3n) is 3.99. The van der Waals surface area contributed by atoms with Gasteiger partial charge in [0.15, 0.2) is 5.69 Å². The molecule has 142 valence electrons. The van der Waals surface area contributed by atoms with Crippen LogP contribution in [0.2, 0.25) is 0 Å². The minimum absolute atomic E-state index is 0.0937.